The fourth-order valence-electron chi connectivity index (χ4n) is 4.16. The number of carbonyl (C=O) groups is 1. The number of pyridine rings is 1. The fraction of sp³-hybridized carbons (Fsp3) is 0.333. The molecule has 0 aliphatic heterocycles. The molecule has 0 atom stereocenters. The predicted octanol–water partition coefficient (Wildman–Crippen LogP) is 6.36. The summed E-state index contributed by atoms with van der Waals surface area (Å²) < 4.78 is 6.21. The molecule has 0 saturated carbocycles. The summed E-state index contributed by atoms with van der Waals surface area (Å²) in [5.41, 5.74) is 7.85. The van der Waals surface area contributed by atoms with Gasteiger partial charge in [-0.1, -0.05) is 31.5 Å². The van der Waals surface area contributed by atoms with Crippen LogP contribution in [-0.2, 0) is 25.9 Å². The summed E-state index contributed by atoms with van der Waals surface area (Å²) in [7, 11) is 0. The molecule has 1 aliphatic rings. The van der Waals surface area contributed by atoms with E-state index in [1.54, 1.807) is 6.92 Å². The van der Waals surface area contributed by atoms with Crippen LogP contribution in [-0.4, -0.2) is 10.8 Å². The number of hydrogen-bond donors (Lipinski definition) is 0. The van der Waals surface area contributed by atoms with Crippen molar-refractivity contribution in [1.29, 1.82) is 0 Å². The van der Waals surface area contributed by atoms with Crippen LogP contribution < -0.4 is 4.74 Å². The number of benzene rings is 2. The van der Waals surface area contributed by atoms with Gasteiger partial charge in [-0.25, -0.2) is 0 Å². The van der Waals surface area contributed by atoms with Crippen LogP contribution in [0.15, 0.2) is 54.7 Å². The van der Waals surface area contributed by atoms with E-state index in [0.717, 1.165) is 41.8 Å². The number of Topliss-reactive ketones (excluding diaryl/α,β-unsaturated/α-hetero) is 1. The van der Waals surface area contributed by atoms with Gasteiger partial charge < -0.3 is 4.74 Å². The zero-order chi connectivity index (χ0) is 20.9. The van der Waals surface area contributed by atoms with Crippen LogP contribution in [0.3, 0.4) is 0 Å². The molecule has 154 valence electrons. The highest BCUT2D eigenvalue weighted by Gasteiger charge is 2.14. The topological polar surface area (TPSA) is 39.2 Å². The van der Waals surface area contributed by atoms with Gasteiger partial charge in [0.1, 0.15) is 12.4 Å². The average Bonchev–Trinajstić information content (AvgIpc) is 3.02. The maximum atomic E-state index is 12.0. The van der Waals surface area contributed by atoms with Gasteiger partial charge in [0.25, 0.3) is 0 Å². The van der Waals surface area contributed by atoms with Gasteiger partial charge in [-0.05, 0) is 91.6 Å². The van der Waals surface area contributed by atoms with E-state index < -0.39 is 0 Å². The molecule has 0 N–H and O–H groups in total. The Morgan fingerprint density at radius 2 is 1.80 bits per heavy atom. The Hall–Kier alpha value is -2.94. The largest absolute Gasteiger partial charge is 0.487 e. The summed E-state index contributed by atoms with van der Waals surface area (Å²) in [5, 5.41) is 0. The molecule has 3 heteroatoms. The van der Waals surface area contributed by atoms with E-state index in [1.807, 2.05) is 30.5 Å². The number of aromatic nitrogens is 1. The highest BCUT2D eigenvalue weighted by molar-refractivity contribution is 5.96. The zero-order valence-corrected chi connectivity index (χ0v) is 17.9. The van der Waals surface area contributed by atoms with Crippen LogP contribution >= 0.6 is 0 Å². The summed E-state index contributed by atoms with van der Waals surface area (Å²) in [4.78, 5) is 16.5. The molecule has 1 aliphatic carbocycles. The number of ether oxygens (including phenoxy) is 1. The van der Waals surface area contributed by atoms with E-state index in [2.05, 4.69) is 36.2 Å². The number of rotatable bonds is 6. The smallest absolute Gasteiger partial charge is 0.159 e. The molecule has 4 rings (SSSR count). The number of aryl methyl sites for hydroxylation is 3. The maximum Gasteiger partial charge on any atom is 0.159 e. The van der Waals surface area contributed by atoms with E-state index in [-0.39, 0.29) is 5.78 Å². The Balaban J connectivity index is 1.67. The number of carbonyl (C=O) groups excluding carboxylic acids is 1. The first-order chi connectivity index (χ1) is 14.6. The molecule has 1 heterocycles. The van der Waals surface area contributed by atoms with Gasteiger partial charge in [0.2, 0.25) is 0 Å². The van der Waals surface area contributed by atoms with Crippen molar-refractivity contribution in [2.24, 2.45) is 0 Å². The van der Waals surface area contributed by atoms with Crippen molar-refractivity contribution in [3.05, 3.63) is 82.7 Å². The van der Waals surface area contributed by atoms with Crippen molar-refractivity contribution in [1.82, 2.24) is 4.98 Å². The molecular weight excluding hydrogens is 370 g/mol. The monoisotopic (exact) mass is 399 g/mol. The van der Waals surface area contributed by atoms with Gasteiger partial charge in [0.05, 0.1) is 5.69 Å². The molecule has 0 radical (unpaired) electrons. The minimum atomic E-state index is 0.0647. The molecule has 0 bridgehead atoms. The van der Waals surface area contributed by atoms with Crippen LogP contribution in [0.2, 0.25) is 0 Å². The third-order valence-electron chi connectivity index (χ3n) is 5.96. The second-order valence-corrected chi connectivity index (χ2v) is 8.11. The average molecular weight is 400 g/mol. The summed E-state index contributed by atoms with van der Waals surface area (Å²) in [5.74, 6) is 0.854. The third kappa shape index (κ3) is 4.62. The Labute approximate surface area is 179 Å². The van der Waals surface area contributed by atoms with E-state index >= 15 is 0 Å². The summed E-state index contributed by atoms with van der Waals surface area (Å²) in [6.45, 7) is 4.15. The highest BCUT2D eigenvalue weighted by atomic mass is 16.5. The molecule has 30 heavy (non-hydrogen) atoms. The molecular formula is C27H29NO2. The van der Waals surface area contributed by atoms with Crippen LogP contribution in [0.25, 0.3) is 11.1 Å². The maximum absolute atomic E-state index is 12.0. The molecule has 3 nitrogen and oxygen atoms in total. The van der Waals surface area contributed by atoms with Crippen LogP contribution in [0.4, 0.5) is 0 Å². The lowest BCUT2D eigenvalue weighted by Crippen LogP contribution is -2.02. The highest BCUT2D eigenvalue weighted by Crippen LogP contribution is 2.34. The fourth-order valence-corrected chi connectivity index (χ4v) is 4.16. The van der Waals surface area contributed by atoms with Crippen molar-refractivity contribution in [3.63, 3.8) is 0 Å². The molecule has 3 aromatic rings. The van der Waals surface area contributed by atoms with Gasteiger partial charge in [-0.3, -0.25) is 9.78 Å². The molecule has 2 aromatic carbocycles. The van der Waals surface area contributed by atoms with E-state index in [0.29, 0.717) is 12.2 Å². The van der Waals surface area contributed by atoms with Gasteiger partial charge in [-0.15, -0.1) is 0 Å². The lowest BCUT2D eigenvalue weighted by molar-refractivity contribution is 0.101. The molecule has 1 aromatic heterocycles. The molecule has 0 unspecified atom stereocenters. The second-order valence-electron chi connectivity index (χ2n) is 8.11. The first kappa shape index (κ1) is 20.3. The van der Waals surface area contributed by atoms with Crippen molar-refractivity contribution in [2.45, 2.75) is 59.0 Å². The minimum absolute atomic E-state index is 0.0647. The second kappa shape index (κ2) is 9.25. The molecule has 0 spiro atoms. The Bertz CT molecular complexity index is 1050. The van der Waals surface area contributed by atoms with Crippen molar-refractivity contribution >= 4 is 5.78 Å². The number of ketones is 1. The Morgan fingerprint density at radius 3 is 2.60 bits per heavy atom. The first-order valence-electron chi connectivity index (χ1n) is 11.0. The lowest BCUT2D eigenvalue weighted by atomic mass is 9.94. The minimum Gasteiger partial charge on any atom is -0.487 e. The molecule has 0 saturated heterocycles. The summed E-state index contributed by atoms with van der Waals surface area (Å²) >= 11 is 0. The molecule has 0 fully saturated rings. The van der Waals surface area contributed by atoms with E-state index in [1.165, 1.54) is 36.0 Å². The van der Waals surface area contributed by atoms with Crippen molar-refractivity contribution < 1.29 is 9.53 Å². The Kier molecular flexibility index (Phi) is 6.27. The van der Waals surface area contributed by atoms with Crippen LogP contribution in [0, 0.1) is 0 Å². The number of nitrogens with zero attached hydrogens (tertiary/aromatic N) is 1. The van der Waals surface area contributed by atoms with E-state index in [4.69, 9.17) is 4.74 Å². The van der Waals surface area contributed by atoms with Crippen molar-refractivity contribution in [3.8, 4) is 16.9 Å². The van der Waals surface area contributed by atoms with Gasteiger partial charge in [0.15, 0.2) is 5.78 Å². The summed E-state index contributed by atoms with van der Waals surface area (Å²) in [6.07, 6.45) is 8.90. The third-order valence-corrected chi connectivity index (χ3v) is 5.96. The molecule has 0 amide bonds. The van der Waals surface area contributed by atoms with Gasteiger partial charge in [0, 0.05) is 17.3 Å². The number of fused-ring (bicyclic) bond motifs is 1. The quantitative estimate of drug-likeness (QED) is 0.357. The SMILES string of the molecule is CCc1ccnc(COc2ccc(C(C)=O)cc2-c2ccc3c(c2)CCCCC3)c1. The van der Waals surface area contributed by atoms with Crippen LogP contribution in [0.5, 0.6) is 5.75 Å². The predicted molar refractivity (Wildman–Crippen MR) is 121 cm³/mol. The Morgan fingerprint density at radius 1 is 0.967 bits per heavy atom. The lowest BCUT2D eigenvalue weighted by Gasteiger charge is -2.15. The zero-order valence-electron chi connectivity index (χ0n) is 17.9. The van der Waals surface area contributed by atoms with Crippen LogP contribution in [0.1, 0.15) is 65.9 Å². The standard InChI is InChI=1S/C27H29NO2/c1-3-20-13-14-28-25(15-20)18-30-27-12-11-22(19(2)29)17-26(27)24-10-9-21-7-5-4-6-8-23(21)16-24/h9-17H,3-8,18H2,1-2H3. The normalized spacial score (nSPS) is 13.4. The van der Waals surface area contributed by atoms with Crippen molar-refractivity contribution in [2.75, 3.05) is 0 Å². The van der Waals surface area contributed by atoms with Gasteiger partial charge in [-0.2, -0.15) is 0 Å². The first-order valence-corrected chi connectivity index (χ1v) is 11.0. The summed E-state index contributed by atoms with van der Waals surface area (Å²) in [6, 6.07) is 16.6. The number of hydrogen-bond acceptors (Lipinski definition) is 3. The van der Waals surface area contributed by atoms with Gasteiger partial charge >= 0.3 is 0 Å². The van der Waals surface area contributed by atoms with E-state index in [9.17, 15) is 4.79 Å².